The van der Waals surface area contributed by atoms with E-state index in [2.05, 4.69) is 0 Å². The van der Waals surface area contributed by atoms with Gasteiger partial charge in [-0.05, 0) is 6.92 Å². The van der Waals surface area contributed by atoms with E-state index in [1.54, 1.807) is 6.92 Å². The molecule has 4 atom stereocenters. The van der Waals surface area contributed by atoms with E-state index in [9.17, 15) is 4.39 Å². The number of ether oxygens (including phenoxy) is 1. The van der Waals surface area contributed by atoms with Crippen LogP contribution in [0.4, 0.5) is 4.39 Å². The molecule has 0 aromatic heterocycles. The second-order valence-corrected chi connectivity index (χ2v) is 2.62. The highest BCUT2D eigenvalue weighted by molar-refractivity contribution is 4.87. The quantitative estimate of drug-likeness (QED) is 0.485. The summed E-state index contributed by atoms with van der Waals surface area (Å²) in [6.45, 7) is 1.68. The summed E-state index contributed by atoms with van der Waals surface area (Å²) in [4.78, 5) is 0. The van der Waals surface area contributed by atoms with Crippen LogP contribution in [0.3, 0.4) is 0 Å². The number of aliphatic hydroxyl groups is 1. The molecule has 0 spiro atoms. The van der Waals surface area contributed by atoms with E-state index in [1.807, 2.05) is 0 Å². The highest BCUT2D eigenvalue weighted by Crippen LogP contribution is 2.15. The summed E-state index contributed by atoms with van der Waals surface area (Å²) < 4.78 is 17.5. The third kappa shape index (κ3) is 1.28. The molecular formula is C6H12FNO2. The number of alkyl halides is 1. The Hall–Kier alpha value is -0.190. The summed E-state index contributed by atoms with van der Waals surface area (Å²) >= 11 is 0. The number of halogens is 1. The van der Waals surface area contributed by atoms with Crippen LogP contribution in [0, 0.1) is 0 Å². The second-order valence-electron chi connectivity index (χ2n) is 2.62. The molecule has 0 bridgehead atoms. The molecule has 1 aliphatic heterocycles. The molecule has 0 aliphatic carbocycles. The van der Waals surface area contributed by atoms with Crippen molar-refractivity contribution in [1.82, 2.24) is 0 Å². The minimum atomic E-state index is -1.33. The Morgan fingerprint density at radius 1 is 1.70 bits per heavy atom. The zero-order valence-corrected chi connectivity index (χ0v) is 5.83. The Labute approximate surface area is 59.0 Å². The van der Waals surface area contributed by atoms with E-state index in [-0.39, 0.29) is 12.7 Å². The van der Waals surface area contributed by atoms with Crippen LogP contribution < -0.4 is 5.73 Å². The van der Waals surface area contributed by atoms with Gasteiger partial charge in [0.2, 0.25) is 0 Å². The van der Waals surface area contributed by atoms with Crippen molar-refractivity contribution in [2.75, 3.05) is 6.61 Å². The smallest absolute Gasteiger partial charge is 0.151 e. The summed E-state index contributed by atoms with van der Waals surface area (Å²) in [6, 6.07) is -0.594. The van der Waals surface area contributed by atoms with Crippen molar-refractivity contribution in [3.63, 3.8) is 0 Å². The summed E-state index contributed by atoms with van der Waals surface area (Å²) in [6.07, 6.45) is -2.64. The predicted octanol–water partition coefficient (Wildman–Crippen LogP) is -0.569. The average molecular weight is 149 g/mol. The normalized spacial score (nSPS) is 49.2. The lowest BCUT2D eigenvalue weighted by atomic mass is 10.0. The van der Waals surface area contributed by atoms with Crippen molar-refractivity contribution in [3.8, 4) is 0 Å². The van der Waals surface area contributed by atoms with Crippen molar-refractivity contribution in [2.45, 2.75) is 31.3 Å². The molecule has 0 saturated carbocycles. The topological polar surface area (TPSA) is 55.5 Å². The number of hydrogen-bond donors (Lipinski definition) is 2. The zero-order valence-electron chi connectivity index (χ0n) is 5.83. The van der Waals surface area contributed by atoms with Crippen LogP contribution >= 0.6 is 0 Å². The van der Waals surface area contributed by atoms with Gasteiger partial charge in [-0.25, -0.2) is 4.39 Å². The van der Waals surface area contributed by atoms with E-state index in [1.165, 1.54) is 0 Å². The fourth-order valence-electron chi connectivity index (χ4n) is 0.972. The van der Waals surface area contributed by atoms with Crippen molar-refractivity contribution >= 4 is 0 Å². The number of aliphatic hydroxyl groups excluding tert-OH is 1. The first kappa shape index (κ1) is 7.91. The number of nitrogens with two attached hydrogens (primary N) is 1. The van der Waals surface area contributed by atoms with Crippen LogP contribution in [-0.4, -0.2) is 36.1 Å². The van der Waals surface area contributed by atoms with Gasteiger partial charge in [0.1, 0.15) is 6.10 Å². The van der Waals surface area contributed by atoms with Crippen molar-refractivity contribution in [2.24, 2.45) is 5.73 Å². The molecule has 0 radical (unpaired) electrons. The van der Waals surface area contributed by atoms with Crippen LogP contribution in [0.1, 0.15) is 6.92 Å². The maximum atomic E-state index is 12.5. The number of hydrogen-bond acceptors (Lipinski definition) is 3. The van der Waals surface area contributed by atoms with Gasteiger partial charge in [-0.15, -0.1) is 0 Å². The molecule has 1 fully saturated rings. The molecule has 4 heteroatoms. The van der Waals surface area contributed by atoms with Gasteiger partial charge in [-0.3, -0.25) is 0 Å². The molecule has 1 aliphatic rings. The Morgan fingerprint density at radius 2 is 2.30 bits per heavy atom. The van der Waals surface area contributed by atoms with E-state index in [0.29, 0.717) is 0 Å². The van der Waals surface area contributed by atoms with E-state index < -0.39 is 18.3 Å². The van der Waals surface area contributed by atoms with Gasteiger partial charge in [0.15, 0.2) is 6.17 Å². The van der Waals surface area contributed by atoms with Crippen molar-refractivity contribution < 1.29 is 14.2 Å². The fraction of sp³-hybridized carbons (Fsp3) is 1.00. The first-order valence-electron chi connectivity index (χ1n) is 3.32. The predicted molar refractivity (Wildman–Crippen MR) is 34.3 cm³/mol. The number of rotatable bonds is 0. The first-order valence-corrected chi connectivity index (χ1v) is 3.32. The molecule has 0 aromatic carbocycles. The van der Waals surface area contributed by atoms with Gasteiger partial charge >= 0.3 is 0 Å². The Bertz CT molecular complexity index is 108. The monoisotopic (exact) mass is 149 g/mol. The van der Waals surface area contributed by atoms with Crippen LogP contribution in [0.2, 0.25) is 0 Å². The molecule has 1 saturated heterocycles. The minimum Gasteiger partial charge on any atom is -0.388 e. The van der Waals surface area contributed by atoms with E-state index in [0.717, 1.165) is 0 Å². The molecule has 0 amide bonds. The van der Waals surface area contributed by atoms with Crippen LogP contribution in [0.25, 0.3) is 0 Å². The van der Waals surface area contributed by atoms with Crippen molar-refractivity contribution in [1.29, 1.82) is 0 Å². The van der Waals surface area contributed by atoms with Crippen LogP contribution in [-0.2, 0) is 4.74 Å². The molecular weight excluding hydrogens is 137 g/mol. The van der Waals surface area contributed by atoms with Gasteiger partial charge in [0.05, 0.1) is 18.8 Å². The molecule has 10 heavy (non-hydrogen) atoms. The van der Waals surface area contributed by atoms with Gasteiger partial charge < -0.3 is 15.6 Å². The largest absolute Gasteiger partial charge is 0.388 e. The molecule has 60 valence electrons. The van der Waals surface area contributed by atoms with Gasteiger partial charge in [0, 0.05) is 0 Å². The molecule has 3 N–H and O–H groups in total. The summed E-state index contributed by atoms with van der Waals surface area (Å²) in [5.74, 6) is 0. The van der Waals surface area contributed by atoms with E-state index in [4.69, 9.17) is 15.6 Å². The van der Waals surface area contributed by atoms with Crippen LogP contribution in [0.5, 0.6) is 0 Å². The van der Waals surface area contributed by atoms with Crippen molar-refractivity contribution in [3.05, 3.63) is 0 Å². The van der Waals surface area contributed by atoms with Crippen LogP contribution in [0.15, 0.2) is 0 Å². The lowest BCUT2D eigenvalue weighted by molar-refractivity contribution is -0.0994. The summed E-state index contributed by atoms with van der Waals surface area (Å²) in [7, 11) is 0. The lowest BCUT2D eigenvalue weighted by Crippen LogP contribution is -2.54. The fourth-order valence-corrected chi connectivity index (χ4v) is 0.972. The Morgan fingerprint density at radius 3 is 2.80 bits per heavy atom. The van der Waals surface area contributed by atoms with Gasteiger partial charge in [0.25, 0.3) is 0 Å². The lowest BCUT2D eigenvalue weighted by Gasteiger charge is -2.32. The standard InChI is InChI=1S/C6H12FNO2/c1-3-5(8)6(9)4(7)2-10-3/h3-6,9H,2,8H2,1H3/t3-,4-,5-,6-/m0/s1. The summed E-state index contributed by atoms with van der Waals surface area (Å²) in [5, 5.41) is 9.04. The molecule has 0 unspecified atom stereocenters. The first-order chi connectivity index (χ1) is 4.63. The minimum absolute atomic E-state index is 0.0456. The molecule has 0 aromatic rings. The van der Waals surface area contributed by atoms with Gasteiger partial charge in [-0.1, -0.05) is 0 Å². The SMILES string of the molecule is C[C@@H]1OC[C@H](F)[C@H](O)[C@H]1N. The van der Waals surface area contributed by atoms with E-state index >= 15 is 0 Å². The Balaban J connectivity index is 2.52. The Kier molecular flexibility index (Phi) is 2.23. The second kappa shape index (κ2) is 2.82. The highest BCUT2D eigenvalue weighted by Gasteiger charge is 2.34. The highest BCUT2D eigenvalue weighted by atomic mass is 19.1. The molecule has 3 nitrogen and oxygen atoms in total. The third-order valence-corrected chi connectivity index (χ3v) is 1.83. The third-order valence-electron chi connectivity index (χ3n) is 1.83. The maximum Gasteiger partial charge on any atom is 0.151 e. The molecule has 1 heterocycles. The molecule has 1 rings (SSSR count). The average Bonchev–Trinajstić information content (AvgIpc) is 1.93. The maximum absolute atomic E-state index is 12.5. The van der Waals surface area contributed by atoms with Gasteiger partial charge in [-0.2, -0.15) is 0 Å². The zero-order chi connectivity index (χ0) is 7.72. The summed E-state index contributed by atoms with van der Waals surface area (Å²) in [5.41, 5.74) is 5.40.